The first-order chi connectivity index (χ1) is 8.56. The lowest BCUT2D eigenvalue weighted by Gasteiger charge is -2.08. The van der Waals surface area contributed by atoms with E-state index in [4.69, 9.17) is 27.5 Å². The summed E-state index contributed by atoms with van der Waals surface area (Å²) in [5.74, 6) is 1.26. The van der Waals surface area contributed by atoms with E-state index in [1.165, 1.54) is 0 Å². The fourth-order valence-corrected chi connectivity index (χ4v) is 1.95. The molecule has 2 aromatic rings. The van der Waals surface area contributed by atoms with Crippen molar-refractivity contribution in [2.24, 2.45) is 5.73 Å². The van der Waals surface area contributed by atoms with Crippen LogP contribution in [0, 0.1) is 5.41 Å². The second kappa shape index (κ2) is 5.42. The van der Waals surface area contributed by atoms with E-state index < -0.39 is 0 Å². The maximum absolute atomic E-state index is 7.34. The highest BCUT2D eigenvalue weighted by atomic mass is 79.9. The summed E-state index contributed by atoms with van der Waals surface area (Å²) in [5.41, 5.74) is 5.89. The average molecular weight is 326 g/mol. The van der Waals surface area contributed by atoms with Gasteiger partial charge in [0.25, 0.3) is 0 Å². The van der Waals surface area contributed by atoms with Crippen molar-refractivity contribution in [2.45, 2.75) is 0 Å². The number of rotatable bonds is 3. The van der Waals surface area contributed by atoms with Crippen LogP contribution < -0.4 is 10.5 Å². The second-order valence-electron chi connectivity index (χ2n) is 3.61. The van der Waals surface area contributed by atoms with Crippen LogP contribution in [0.3, 0.4) is 0 Å². The van der Waals surface area contributed by atoms with Gasteiger partial charge < -0.3 is 10.5 Å². The van der Waals surface area contributed by atoms with Gasteiger partial charge in [-0.05, 0) is 36.4 Å². The first-order valence-corrected chi connectivity index (χ1v) is 6.31. The van der Waals surface area contributed by atoms with Gasteiger partial charge in [0.05, 0.1) is 5.02 Å². The van der Waals surface area contributed by atoms with Gasteiger partial charge in [0.15, 0.2) is 0 Å². The number of nitrogens with one attached hydrogen (secondary N) is 1. The molecule has 18 heavy (non-hydrogen) atoms. The molecule has 0 fully saturated rings. The van der Waals surface area contributed by atoms with Crippen LogP contribution in [0.2, 0.25) is 5.02 Å². The maximum Gasteiger partial charge on any atom is 0.128 e. The Morgan fingerprint density at radius 2 is 1.72 bits per heavy atom. The Hall–Kier alpha value is -1.52. The Morgan fingerprint density at radius 3 is 2.28 bits per heavy atom. The maximum atomic E-state index is 7.34. The SMILES string of the molecule is N=C(N)c1ccc(Oc2ccc(Br)cc2)cc1Cl. The Kier molecular flexibility index (Phi) is 3.89. The van der Waals surface area contributed by atoms with Crippen LogP contribution in [0.1, 0.15) is 5.56 Å². The van der Waals surface area contributed by atoms with Crippen molar-refractivity contribution in [3.63, 3.8) is 0 Å². The van der Waals surface area contributed by atoms with Gasteiger partial charge in [-0.3, -0.25) is 5.41 Å². The predicted octanol–water partition coefficient (Wildman–Crippen LogP) is 4.18. The zero-order valence-corrected chi connectivity index (χ0v) is 11.6. The standard InChI is InChI=1S/C13H10BrClN2O/c14-8-1-3-9(4-2-8)18-10-5-6-11(13(16)17)12(15)7-10/h1-7H,(H3,16,17). The first-order valence-electron chi connectivity index (χ1n) is 5.13. The van der Waals surface area contributed by atoms with Crippen LogP contribution in [-0.2, 0) is 0 Å². The van der Waals surface area contributed by atoms with Crippen LogP contribution in [0.25, 0.3) is 0 Å². The smallest absolute Gasteiger partial charge is 0.128 e. The van der Waals surface area contributed by atoms with E-state index >= 15 is 0 Å². The molecule has 0 bridgehead atoms. The van der Waals surface area contributed by atoms with Crippen molar-refractivity contribution < 1.29 is 4.74 Å². The Bertz CT molecular complexity index is 584. The molecule has 0 heterocycles. The van der Waals surface area contributed by atoms with Crippen molar-refractivity contribution in [3.05, 3.63) is 57.5 Å². The molecule has 0 saturated carbocycles. The van der Waals surface area contributed by atoms with Gasteiger partial charge in [0.2, 0.25) is 0 Å². The van der Waals surface area contributed by atoms with Crippen molar-refractivity contribution in [1.82, 2.24) is 0 Å². The normalized spacial score (nSPS) is 10.1. The van der Waals surface area contributed by atoms with Crippen molar-refractivity contribution >= 4 is 33.4 Å². The molecule has 3 nitrogen and oxygen atoms in total. The summed E-state index contributed by atoms with van der Waals surface area (Å²) in [6.45, 7) is 0. The predicted molar refractivity (Wildman–Crippen MR) is 76.7 cm³/mol. The Balaban J connectivity index is 2.22. The molecule has 3 N–H and O–H groups in total. The summed E-state index contributed by atoms with van der Waals surface area (Å²) in [7, 11) is 0. The number of halogens is 2. The molecule has 5 heteroatoms. The minimum Gasteiger partial charge on any atom is -0.457 e. The molecule has 2 rings (SSSR count). The lowest BCUT2D eigenvalue weighted by molar-refractivity contribution is 0.482. The molecule has 0 spiro atoms. The van der Waals surface area contributed by atoms with Gasteiger partial charge in [-0.2, -0.15) is 0 Å². The average Bonchev–Trinajstić information content (AvgIpc) is 2.32. The third kappa shape index (κ3) is 3.03. The number of hydrogen-bond donors (Lipinski definition) is 2. The molecule has 0 amide bonds. The quantitative estimate of drug-likeness (QED) is 0.657. The van der Waals surface area contributed by atoms with Crippen LogP contribution >= 0.6 is 27.5 Å². The summed E-state index contributed by atoms with van der Waals surface area (Å²) in [5, 5.41) is 7.74. The van der Waals surface area contributed by atoms with Crippen molar-refractivity contribution in [2.75, 3.05) is 0 Å². The fourth-order valence-electron chi connectivity index (χ4n) is 1.42. The van der Waals surface area contributed by atoms with Gasteiger partial charge in [0.1, 0.15) is 17.3 Å². The highest BCUT2D eigenvalue weighted by molar-refractivity contribution is 9.10. The van der Waals surface area contributed by atoms with Gasteiger partial charge in [-0.15, -0.1) is 0 Å². The Labute approximate surface area is 118 Å². The minimum atomic E-state index is -0.0600. The van der Waals surface area contributed by atoms with E-state index in [0.29, 0.717) is 22.1 Å². The van der Waals surface area contributed by atoms with E-state index in [1.807, 2.05) is 24.3 Å². The third-order valence-electron chi connectivity index (χ3n) is 2.28. The van der Waals surface area contributed by atoms with Gasteiger partial charge >= 0.3 is 0 Å². The van der Waals surface area contributed by atoms with Gasteiger partial charge in [-0.25, -0.2) is 0 Å². The lowest BCUT2D eigenvalue weighted by atomic mass is 10.2. The van der Waals surface area contributed by atoms with Crippen molar-refractivity contribution in [3.8, 4) is 11.5 Å². The van der Waals surface area contributed by atoms with Gasteiger partial charge in [-0.1, -0.05) is 27.5 Å². The molecule has 0 aliphatic heterocycles. The van der Waals surface area contributed by atoms with Crippen LogP contribution in [-0.4, -0.2) is 5.84 Å². The fraction of sp³-hybridized carbons (Fsp3) is 0. The number of benzene rings is 2. The third-order valence-corrected chi connectivity index (χ3v) is 3.12. The van der Waals surface area contributed by atoms with Crippen molar-refractivity contribution in [1.29, 1.82) is 5.41 Å². The molecule has 0 unspecified atom stereocenters. The topological polar surface area (TPSA) is 59.1 Å². The van der Waals surface area contributed by atoms with Gasteiger partial charge in [0, 0.05) is 16.1 Å². The summed E-state index contributed by atoms with van der Waals surface area (Å²) >= 11 is 9.36. The molecule has 0 atom stereocenters. The summed E-state index contributed by atoms with van der Waals surface area (Å²) < 4.78 is 6.62. The molecule has 0 saturated heterocycles. The van der Waals surface area contributed by atoms with E-state index in [-0.39, 0.29) is 5.84 Å². The largest absolute Gasteiger partial charge is 0.457 e. The van der Waals surface area contributed by atoms with Crippen LogP contribution in [0.15, 0.2) is 46.9 Å². The van der Waals surface area contributed by atoms with Crippen LogP contribution in [0.5, 0.6) is 11.5 Å². The number of hydrogen-bond acceptors (Lipinski definition) is 2. The highest BCUT2D eigenvalue weighted by Crippen LogP contribution is 2.27. The monoisotopic (exact) mass is 324 g/mol. The van der Waals surface area contributed by atoms with Crippen LogP contribution in [0.4, 0.5) is 0 Å². The molecule has 0 radical (unpaired) electrons. The molecular weight excluding hydrogens is 316 g/mol. The molecule has 92 valence electrons. The number of nitrogens with two attached hydrogens (primary N) is 1. The summed E-state index contributed by atoms with van der Waals surface area (Å²) in [6, 6.07) is 12.5. The summed E-state index contributed by atoms with van der Waals surface area (Å²) in [4.78, 5) is 0. The lowest BCUT2D eigenvalue weighted by Crippen LogP contribution is -2.11. The van der Waals surface area contributed by atoms with E-state index in [0.717, 1.165) is 4.47 Å². The first kappa shape index (κ1) is 12.9. The second-order valence-corrected chi connectivity index (χ2v) is 4.93. The molecule has 0 aliphatic rings. The number of amidine groups is 1. The molecule has 2 aromatic carbocycles. The highest BCUT2D eigenvalue weighted by Gasteiger charge is 2.05. The zero-order valence-electron chi connectivity index (χ0n) is 9.28. The minimum absolute atomic E-state index is 0.0600. The number of nitrogen functional groups attached to an aromatic ring is 1. The van der Waals surface area contributed by atoms with E-state index in [1.54, 1.807) is 18.2 Å². The van der Waals surface area contributed by atoms with E-state index in [9.17, 15) is 0 Å². The number of ether oxygens (including phenoxy) is 1. The van der Waals surface area contributed by atoms with E-state index in [2.05, 4.69) is 15.9 Å². The molecule has 0 aliphatic carbocycles. The molecule has 0 aromatic heterocycles. The summed E-state index contributed by atoms with van der Waals surface area (Å²) in [6.07, 6.45) is 0. The Morgan fingerprint density at radius 1 is 1.11 bits per heavy atom. The molecular formula is C13H10BrClN2O. The zero-order chi connectivity index (χ0) is 13.1.